The van der Waals surface area contributed by atoms with Crippen LogP contribution in [0, 0.1) is 6.92 Å². The zero-order valence-corrected chi connectivity index (χ0v) is 14.5. The molecular weight excluding hydrogens is 318 g/mol. The lowest BCUT2D eigenvalue weighted by atomic mass is 10.1. The van der Waals surface area contributed by atoms with Gasteiger partial charge >= 0.3 is 0 Å². The third-order valence-corrected chi connectivity index (χ3v) is 3.61. The van der Waals surface area contributed by atoms with Gasteiger partial charge in [-0.15, -0.1) is 0 Å². The smallest absolute Gasteiger partial charge is 0.253 e. The van der Waals surface area contributed by atoms with Crippen molar-refractivity contribution in [2.24, 2.45) is 0 Å². The average molecular weight is 341 g/mol. The van der Waals surface area contributed by atoms with Crippen molar-refractivity contribution in [1.82, 2.24) is 15.6 Å². The molecule has 0 saturated carbocycles. The fraction of sp³-hybridized carbons (Fsp3) is 0.316. The second-order valence-corrected chi connectivity index (χ2v) is 5.74. The molecular formula is C19H23N3O3. The molecule has 0 aliphatic heterocycles. The van der Waals surface area contributed by atoms with Gasteiger partial charge in [-0.1, -0.05) is 29.8 Å². The minimum Gasteiger partial charge on any atom is -0.385 e. The molecule has 132 valence electrons. The Kier molecular flexibility index (Phi) is 7.10. The van der Waals surface area contributed by atoms with E-state index in [1.54, 1.807) is 13.2 Å². The lowest BCUT2D eigenvalue weighted by Crippen LogP contribution is -2.27. The summed E-state index contributed by atoms with van der Waals surface area (Å²) < 4.78 is 4.93. The van der Waals surface area contributed by atoms with Gasteiger partial charge in [-0.2, -0.15) is 0 Å². The molecule has 0 aliphatic carbocycles. The van der Waals surface area contributed by atoms with E-state index in [0.717, 1.165) is 17.5 Å². The summed E-state index contributed by atoms with van der Waals surface area (Å²) in [5.41, 5.74) is 2.88. The van der Waals surface area contributed by atoms with E-state index in [9.17, 15) is 9.59 Å². The van der Waals surface area contributed by atoms with Gasteiger partial charge in [0.1, 0.15) is 0 Å². The second-order valence-electron chi connectivity index (χ2n) is 5.74. The van der Waals surface area contributed by atoms with Crippen LogP contribution in [0.1, 0.15) is 38.3 Å². The molecule has 0 atom stereocenters. The van der Waals surface area contributed by atoms with Crippen LogP contribution in [-0.2, 0) is 11.3 Å². The molecule has 6 heteroatoms. The third-order valence-electron chi connectivity index (χ3n) is 3.61. The van der Waals surface area contributed by atoms with E-state index in [0.29, 0.717) is 30.8 Å². The number of rotatable bonds is 8. The molecule has 2 aromatic rings. The fourth-order valence-corrected chi connectivity index (χ4v) is 2.32. The van der Waals surface area contributed by atoms with Gasteiger partial charge in [0.25, 0.3) is 11.8 Å². The highest BCUT2D eigenvalue weighted by molar-refractivity contribution is 5.99. The highest BCUT2D eigenvalue weighted by atomic mass is 16.5. The monoisotopic (exact) mass is 341 g/mol. The van der Waals surface area contributed by atoms with Gasteiger partial charge in [-0.25, -0.2) is 0 Å². The van der Waals surface area contributed by atoms with Gasteiger partial charge in [0.2, 0.25) is 0 Å². The maximum Gasteiger partial charge on any atom is 0.253 e. The molecule has 1 aromatic carbocycles. The number of pyridine rings is 1. The summed E-state index contributed by atoms with van der Waals surface area (Å²) >= 11 is 0. The average Bonchev–Trinajstić information content (AvgIpc) is 2.63. The van der Waals surface area contributed by atoms with E-state index in [1.807, 2.05) is 31.2 Å². The largest absolute Gasteiger partial charge is 0.385 e. The van der Waals surface area contributed by atoms with Crippen molar-refractivity contribution >= 4 is 11.8 Å². The predicted octanol–water partition coefficient (Wildman–Crippen LogP) is 2.09. The van der Waals surface area contributed by atoms with Gasteiger partial charge < -0.3 is 15.4 Å². The predicted molar refractivity (Wildman–Crippen MR) is 95.4 cm³/mol. The van der Waals surface area contributed by atoms with Crippen LogP contribution in [0.2, 0.25) is 0 Å². The lowest BCUT2D eigenvalue weighted by Gasteiger charge is -2.08. The van der Waals surface area contributed by atoms with Gasteiger partial charge in [0.05, 0.1) is 11.1 Å². The van der Waals surface area contributed by atoms with Crippen LogP contribution in [0.5, 0.6) is 0 Å². The van der Waals surface area contributed by atoms with Crippen molar-refractivity contribution in [2.75, 3.05) is 20.3 Å². The summed E-state index contributed by atoms with van der Waals surface area (Å²) in [7, 11) is 1.62. The summed E-state index contributed by atoms with van der Waals surface area (Å²) in [6, 6.07) is 9.47. The SMILES string of the molecule is COCCCNC(=O)c1cncc(C(=O)NCc2cccc(C)c2)c1. The molecule has 0 aliphatic rings. The van der Waals surface area contributed by atoms with Gasteiger partial charge in [-0.3, -0.25) is 14.6 Å². The normalized spacial score (nSPS) is 10.3. The number of nitrogens with one attached hydrogen (secondary N) is 2. The minimum atomic E-state index is -0.261. The highest BCUT2D eigenvalue weighted by Gasteiger charge is 2.11. The molecule has 0 unspecified atom stereocenters. The molecule has 0 spiro atoms. The van der Waals surface area contributed by atoms with Crippen LogP contribution in [0.25, 0.3) is 0 Å². The van der Waals surface area contributed by atoms with Crippen molar-refractivity contribution in [3.05, 3.63) is 65.0 Å². The first-order valence-corrected chi connectivity index (χ1v) is 8.16. The van der Waals surface area contributed by atoms with Crippen molar-refractivity contribution < 1.29 is 14.3 Å². The number of benzene rings is 1. The Morgan fingerprint density at radius 2 is 1.80 bits per heavy atom. The summed E-state index contributed by atoms with van der Waals surface area (Å²) in [4.78, 5) is 28.3. The van der Waals surface area contributed by atoms with Crippen molar-refractivity contribution in [2.45, 2.75) is 19.9 Å². The molecule has 2 rings (SSSR count). The molecule has 2 N–H and O–H groups in total. The molecule has 0 bridgehead atoms. The number of carbonyl (C=O) groups excluding carboxylic acids is 2. The summed E-state index contributed by atoms with van der Waals surface area (Å²) in [6.45, 7) is 3.52. The van der Waals surface area contributed by atoms with E-state index < -0.39 is 0 Å². The number of ether oxygens (including phenoxy) is 1. The molecule has 2 amide bonds. The molecule has 6 nitrogen and oxygen atoms in total. The first-order chi connectivity index (χ1) is 12.1. The van der Waals surface area contributed by atoms with Crippen molar-refractivity contribution in [3.8, 4) is 0 Å². The van der Waals surface area contributed by atoms with Crippen LogP contribution in [0.4, 0.5) is 0 Å². The topological polar surface area (TPSA) is 80.3 Å². The van der Waals surface area contributed by atoms with Crippen LogP contribution >= 0.6 is 0 Å². The molecule has 0 fully saturated rings. The number of nitrogens with zero attached hydrogens (tertiary/aromatic N) is 1. The molecule has 0 saturated heterocycles. The number of amides is 2. The minimum absolute atomic E-state index is 0.253. The second kappa shape index (κ2) is 9.54. The Labute approximate surface area is 147 Å². The van der Waals surface area contributed by atoms with E-state index >= 15 is 0 Å². The van der Waals surface area contributed by atoms with E-state index in [1.165, 1.54) is 12.4 Å². The third kappa shape index (κ3) is 6.00. The first kappa shape index (κ1) is 18.6. The molecule has 0 radical (unpaired) electrons. The van der Waals surface area contributed by atoms with Gasteiger partial charge in [0, 0.05) is 39.2 Å². The van der Waals surface area contributed by atoms with Crippen molar-refractivity contribution in [3.63, 3.8) is 0 Å². The number of methoxy groups -OCH3 is 1. The molecule has 1 heterocycles. The number of hydrogen-bond acceptors (Lipinski definition) is 4. The Morgan fingerprint density at radius 1 is 1.08 bits per heavy atom. The van der Waals surface area contributed by atoms with Crippen LogP contribution in [0.3, 0.4) is 0 Å². The van der Waals surface area contributed by atoms with Crippen LogP contribution in [-0.4, -0.2) is 37.1 Å². The van der Waals surface area contributed by atoms with Gasteiger partial charge in [-0.05, 0) is 25.0 Å². The Morgan fingerprint density at radius 3 is 2.48 bits per heavy atom. The van der Waals surface area contributed by atoms with Gasteiger partial charge in [0.15, 0.2) is 0 Å². The Bertz CT molecular complexity index is 731. The lowest BCUT2D eigenvalue weighted by molar-refractivity contribution is 0.0948. The standard InChI is InChI=1S/C19H23N3O3/c1-14-5-3-6-15(9-14)11-22-19(24)17-10-16(12-20-13-17)18(23)21-7-4-8-25-2/h3,5-6,9-10,12-13H,4,7-8,11H2,1-2H3,(H,21,23)(H,22,24). The summed E-state index contributed by atoms with van der Waals surface area (Å²) in [5, 5.41) is 5.61. The highest BCUT2D eigenvalue weighted by Crippen LogP contribution is 2.06. The summed E-state index contributed by atoms with van der Waals surface area (Å²) in [6.07, 6.45) is 3.63. The Balaban J connectivity index is 1.93. The van der Waals surface area contributed by atoms with E-state index in [2.05, 4.69) is 15.6 Å². The maximum atomic E-state index is 12.3. The van der Waals surface area contributed by atoms with Crippen molar-refractivity contribution in [1.29, 1.82) is 0 Å². The van der Waals surface area contributed by atoms with E-state index in [4.69, 9.17) is 4.74 Å². The van der Waals surface area contributed by atoms with E-state index in [-0.39, 0.29) is 11.8 Å². The number of aryl methyl sites for hydroxylation is 1. The fourth-order valence-electron chi connectivity index (χ4n) is 2.32. The molecule has 25 heavy (non-hydrogen) atoms. The number of carbonyl (C=O) groups is 2. The first-order valence-electron chi connectivity index (χ1n) is 8.16. The zero-order valence-electron chi connectivity index (χ0n) is 14.5. The quantitative estimate of drug-likeness (QED) is 0.721. The number of hydrogen-bond donors (Lipinski definition) is 2. The van der Waals surface area contributed by atoms with Crippen LogP contribution < -0.4 is 10.6 Å². The summed E-state index contributed by atoms with van der Waals surface area (Å²) in [5.74, 6) is -0.514. The number of aromatic nitrogens is 1. The Hall–Kier alpha value is -2.73. The maximum absolute atomic E-state index is 12.3. The van der Waals surface area contributed by atoms with Crippen LogP contribution in [0.15, 0.2) is 42.7 Å². The zero-order chi connectivity index (χ0) is 18.1. The molecule has 1 aromatic heterocycles.